The molecule has 2 atom stereocenters. The second-order valence-corrected chi connectivity index (χ2v) is 5.58. The van der Waals surface area contributed by atoms with Gasteiger partial charge in [0.05, 0.1) is 0 Å². The summed E-state index contributed by atoms with van der Waals surface area (Å²) in [5.74, 6) is 3.34. The van der Waals surface area contributed by atoms with Crippen molar-refractivity contribution in [2.24, 2.45) is 17.8 Å². The molecule has 15 heavy (non-hydrogen) atoms. The summed E-state index contributed by atoms with van der Waals surface area (Å²) in [5.41, 5.74) is 0. The van der Waals surface area contributed by atoms with E-state index in [2.05, 4.69) is 6.92 Å². The molecule has 1 heteroatoms. The summed E-state index contributed by atoms with van der Waals surface area (Å²) < 4.78 is 0. The van der Waals surface area contributed by atoms with Crippen LogP contribution in [0.3, 0.4) is 0 Å². The van der Waals surface area contributed by atoms with Crippen LogP contribution in [0.1, 0.15) is 64.7 Å². The van der Waals surface area contributed by atoms with E-state index >= 15 is 0 Å². The number of carbonyl (C=O) groups excluding carboxylic acids is 1. The molecule has 0 heterocycles. The van der Waals surface area contributed by atoms with Gasteiger partial charge in [-0.2, -0.15) is 0 Å². The van der Waals surface area contributed by atoms with Gasteiger partial charge in [-0.3, -0.25) is 4.79 Å². The third-order valence-corrected chi connectivity index (χ3v) is 4.66. The first kappa shape index (κ1) is 11.2. The molecule has 2 saturated carbocycles. The van der Waals surface area contributed by atoms with Crippen LogP contribution < -0.4 is 0 Å². The summed E-state index contributed by atoms with van der Waals surface area (Å²) in [6, 6.07) is 0. The molecule has 2 aliphatic carbocycles. The minimum atomic E-state index is 0.508. The average Bonchev–Trinajstić information content (AvgIpc) is 2.30. The lowest BCUT2D eigenvalue weighted by Crippen LogP contribution is -2.26. The Hall–Kier alpha value is -0.330. The van der Waals surface area contributed by atoms with Crippen LogP contribution in [-0.2, 0) is 4.79 Å². The van der Waals surface area contributed by atoms with Crippen LogP contribution in [-0.4, -0.2) is 5.78 Å². The molecule has 0 aromatic heterocycles. The maximum Gasteiger partial charge on any atom is 0.132 e. The van der Waals surface area contributed by atoms with Crippen molar-refractivity contribution in [1.29, 1.82) is 0 Å². The van der Waals surface area contributed by atoms with Crippen molar-refractivity contribution >= 4 is 5.78 Å². The van der Waals surface area contributed by atoms with E-state index in [0.717, 1.165) is 30.6 Å². The van der Waals surface area contributed by atoms with Gasteiger partial charge in [0.2, 0.25) is 0 Å². The van der Waals surface area contributed by atoms with Crippen molar-refractivity contribution in [2.75, 3.05) is 0 Å². The molecule has 0 aromatic carbocycles. The highest BCUT2D eigenvalue weighted by Crippen LogP contribution is 2.40. The molecule has 0 radical (unpaired) electrons. The van der Waals surface area contributed by atoms with Gasteiger partial charge in [-0.15, -0.1) is 0 Å². The molecular weight excluding hydrogens is 184 g/mol. The van der Waals surface area contributed by atoms with Crippen molar-refractivity contribution in [3.63, 3.8) is 0 Å². The number of ketones is 1. The van der Waals surface area contributed by atoms with E-state index in [1.165, 1.54) is 44.9 Å². The first-order chi connectivity index (χ1) is 7.29. The Morgan fingerprint density at radius 1 is 1.07 bits per heavy atom. The highest BCUT2D eigenvalue weighted by Gasteiger charge is 2.30. The van der Waals surface area contributed by atoms with Gasteiger partial charge < -0.3 is 0 Å². The van der Waals surface area contributed by atoms with Gasteiger partial charge in [-0.25, -0.2) is 0 Å². The molecule has 2 fully saturated rings. The summed E-state index contributed by atoms with van der Waals surface area (Å²) >= 11 is 0. The summed E-state index contributed by atoms with van der Waals surface area (Å²) in [6.07, 6.45) is 11.3. The molecule has 2 unspecified atom stereocenters. The Morgan fingerprint density at radius 2 is 1.80 bits per heavy atom. The van der Waals surface area contributed by atoms with Crippen LogP contribution in [0.2, 0.25) is 0 Å². The fraction of sp³-hybridized carbons (Fsp3) is 0.929. The lowest BCUT2D eigenvalue weighted by Gasteiger charge is -2.36. The van der Waals surface area contributed by atoms with Crippen LogP contribution in [0.5, 0.6) is 0 Å². The van der Waals surface area contributed by atoms with Crippen LogP contribution in [0.25, 0.3) is 0 Å². The molecule has 0 aromatic rings. The maximum atomic E-state index is 11.2. The Balaban J connectivity index is 1.84. The topological polar surface area (TPSA) is 17.1 Å². The SMILES string of the molecule is CCC1CCCC(C2CCC(=O)CC2)C1. The summed E-state index contributed by atoms with van der Waals surface area (Å²) in [5, 5.41) is 0. The minimum Gasteiger partial charge on any atom is -0.300 e. The first-order valence-corrected chi connectivity index (χ1v) is 6.81. The Kier molecular flexibility index (Phi) is 3.82. The zero-order valence-corrected chi connectivity index (χ0v) is 10.0. The van der Waals surface area contributed by atoms with Crippen LogP contribution in [0, 0.1) is 17.8 Å². The largest absolute Gasteiger partial charge is 0.300 e. The molecule has 0 bridgehead atoms. The minimum absolute atomic E-state index is 0.508. The van der Waals surface area contributed by atoms with Crippen molar-refractivity contribution in [3.05, 3.63) is 0 Å². The van der Waals surface area contributed by atoms with Crippen molar-refractivity contribution in [1.82, 2.24) is 0 Å². The lowest BCUT2D eigenvalue weighted by atomic mass is 9.70. The third-order valence-electron chi connectivity index (χ3n) is 4.66. The molecule has 2 rings (SSSR count). The fourth-order valence-electron chi connectivity index (χ4n) is 3.57. The fourth-order valence-corrected chi connectivity index (χ4v) is 3.57. The van der Waals surface area contributed by atoms with Crippen LogP contribution in [0.15, 0.2) is 0 Å². The number of Topliss-reactive ketones (excluding diaryl/α,β-unsaturated/α-hetero) is 1. The summed E-state index contributed by atoms with van der Waals surface area (Å²) in [7, 11) is 0. The lowest BCUT2D eigenvalue weighted by molar-refractivity contribution is -0.121. The first-order valence-electron chi connectivity index (χ1n) is 6.81. The average molecular weight is 208 g/mol. The Bertz CT molecular complexity index is 211. The van der Waals surface area contributed by atoms with Crippen molar-refractivity contribution < 1.29 is 4.79 Å². The van der Waals surface area contributed by atoms with Crippen molar-refractivity contribution in [2.45, 2.75) is 64.7 Å². The maximum absolute atomic E-state index is 11.2. The number of rotatable bonds is 2. The molecule has 0 amide bonds. The van der Waals surface area contributed by atoms with Gasteiger partial charge in [0.25, 0.3) is 0 Å². The number of hydrogen-bond acceptors (Lipinski definition) is 1. The van der Waals surface area contributed by atoms with E-state index in [4.69, 9.17) is 0 Å². The van der Waals surface area contributed by atoms with E-state index in [1.54, 1.807) is 0 Å². The van der Waals surface area contributed by atoms with E-state index < -0.39 is 0 Å². The second-order valence-electron chi connectivity index (χ2n) is 5.58. The molecule has 0 N–H and O–H groups in total. The number of carbonyl (C=O) groups is 1. The quantitative estimate of drug-likeness (QED) is 0.671. The highest BCUT2D eigenvalue weighted by molar-refractivity contribution is 5.79. The Labute approximate surface area is 93.6 Å². The molecular formula is C14H24O. The Morgan fingerprint density at radius 3 is 2.47 bits per heavy atom. The highest BCUT2D eigenvalue weighted by atomic mass is 16.1. The van der Waals surface area contributed by atoms with Crippen LogP contribution >= 0.6 is 0 Å². The van der Waals surface area contributed by atoms with Gasteiger partial charge in [-0.05, 0) is 37.0 Å². The molecule has 0 aliphatic heterocycles. The molecule has 0 spiro atoms. The molecule has 0 saturated heterocycles. The smallest absolute Gasteiger partial charge is 0.132 e. The van der Waals surface area contributed by atoms with Gasteiger partial charge in [0, 0.05) is 12.8 Å². The van der Waals surface area contributed by atoms with Gasteiger partial charge >= 0.3 is 0 Å². The van der Waals surface area contributed by atoms with Gasteiger partial charge in [0.15, 0.2) is 0 Å². The molecule has 2 aliphatic rings. The van der Waals surface area contributed by atoms with Gasteiger partial charge in [-0.1, -0.05) is 32.6 Å². The zero-order valence-electron chi connectivity index (χ0n) is 10.0. The normalized spacial score (nSPS) is 34.3. The standard InChI is InChI=1S/C14H24O/c1-2-11-4-3-5-13(10-11)12-6-8-14(15)9-7-12/h11-13H,2-10H2,1H3. The molecule has 1 nitrogen and oxygen atoms in total. The van der Waals surface area contributed by atoms with Crippen LogP contribution in [0.4, 0.5) is 0 Å². The molecule has 86 valence electrons. The third kappa shape index (κ3) is 2.83. The van der Waals surface area contributed by atoms with Gasteiger partial charge in [0.1, 0.15) is 5.78 Å². The predicted molar refractivity (Wildman–Crippen MR) is 62.7 cm³/mol. The second kappa shape index (κ2) is 5.14. The monoisotopic (exact) mass is 208 g/mol. The zero-order chi connectivity index (χ0) is 10.7. The van der Waals surface area contributed by atoms with E-state index in [1.807, 2.05) is 0 Å². The van der Waals surface area contributed by atoms with Crippen molar-refractivity contribution in [3.8, 4) is 0 Å². The predicted octanol–water partition coefficient (Wildman–Crippen LogP) is 3.96. The van der Waals surface area contributed by atoms with E-state index in [-0.39, 0.29) is 0 Å². The number of hydrogen-bond donors (Lipinski definition) is 0. The summed E-state index contributed by atoms with van der Waals surface area (Å²) in [6.45, 7) is 2.33. The van der Waals surface area contributed by atoms with E-state index in [0.29, 0.717) is 5.78 Å². The van der Waals surface area contributed by atoms with E-state index in [9.17, 15) is 4.79 Å². The summed E-state index contributed by atoms with van der Waals surface area (Å²) in [4.78, 5) is 11.2.